The van der Waals surface area contributed by atoms with Crippen molar-refractivity contribution in [1.29, 1.82) is 0 Å². The molecule has 106 valence electrons. The molecule has 0 heterocycles. The molecule has 0 spiro atoms. The summed E-state index contributed by atoms with van der Waals surface area (Å²) in [6.45, 7) is 2.91. The summed E-state index contributed by atoms with van der Waals surface area (Å²) in [5, 5.41) is 3.04. The second-order valence-electron chi connectivity index (χ2n) is 4.17. The molecule has 3 N–H and O–H groups in total. The summed E-state index contributed by atoms with van der Waals surface area (Å²) in [6, 6.07) is 5.52. The van der Waals surface area contributed by atoms with E-state index in [9.17, 15) is 0 Å². The van der Waals surface area contributed by atoms with E-state index in [-0.39, 0.29) is 0 Å². The third-order valence-electron chi connectivity index (χ3n) is 2.70. The van der Waals surface area contributed by atoms with Crippen molar-refractivity contribution in [2.24, 2.45) is 10.7 Å². The van der Waals surface area contributed by atoms with Gasteiger partial charge in [0.1, 0.15) is 0 Å². The van der Waals surface area contributed by atoms with Crippen LogP contribution in [0.3, 0.4) is 0 Å². The van der Waals surface area contributed by atoms with Crippen molar-refractivity contribution in [3.8, 4) is 11.5 Å². The maximum atomic E-state index is 5.82. The number of anilines is 1. The number of nitrogens with two attached hydrogens (primary N) is 1. The minimum Gasteiger partial charge on any atom is -0.493 e. The number of hydrogen-bond acceptors (Lipinski definition) is 3. The van der Waals surface area contributed by atoms with Crippen LogP contribution < -0.4 is 20.5 Å². The van der Waals surface area contributed by atoms with Crippen LogP contribution in [0.15, 0.2) is 23.2 Å². The third kappa shape index (κ3) is 5.07. The highest BCUT2D eigenvalue weighted by molar-refractivity contribution is 5.92. The fourth-order valence-corrected chi connectivity index (χ4v) is 1.66. The smallest absolute Gasteiger partial charge is 0.193 e. The Morgan fingerprint density at radius 2 is 1.95 bits per heavy atom. The Balaban J connectivity index is 2.61. The molecule has 0 fully saturated rings. The van der Waals surface area contributed by atoms with Gasteiger partial charge >= 0.3 is 0 Å². The van der Waals surface area contributed by atoms with Gasteiger partial charge in [0, 0.05) is 18.3 Å². The number of guanidine groups is 1. The zero-order chi connectivity index (χ0) is 14.1. The Morgan fingerprint density at radius 3 is 2.58 bits per heavy atom. The molecule has 0 bridgehead atoms. The van der Waals surface area contributed by atoms with Gasteiger partial charge in [-0.2, -0.15) is 0 Å². The summed E-state index contributed by atoms with van der Waals surface area (Å²) in [7, 11) is 3.21. The highest BCUT2D eigenvalue weighted by atomic mass is 16.5. The van der Waals surface area contributed by atoms with Crippen molar-refractivity contribution in [2.75, 3.05) is 26.1 Å². The molecule has 0 aromatic heterocycles. The molecule has 19 heavy (non-hydrogen) atoms. The largest absolute Gasteiger partial charge is 0.493 e. The van der Waals surface area contributed by atoms with E-state index >= 15 is 0 Å². The SMILES string of the molecule is CCCCCN=C(N)Nc1ccc(OC)c(OC)c1. The number of ether oxygens (including phenoxy) is 2. The molecule has 0 aliphatic rings. The van der Waals surface area contributed by atoms with Crippen LogP contribution in [0, 0.1) is 0 Å². The lowest BCUT2D eigenvalue weighted by Crippen LogP contribution is -2.22. The number of nitrogens with one attached hydrogen (secondary N) is 1. The highest BCUT2D eigenvalue weighted by Crippen LogP contribution is 2.29. The van der Waals surface area contributed by atoms with Crippen LogP contribution in [0.4, 0.5) is 5.69 Å². The van der Waals surface area contributed by atoms with E-state index in [2.05, 4.69) is 17.2 Å². The summed E-state index contributed by atoms with van der Waals surface area (Å²) in [5.41, 5.74) is 6.64. The summed E-state index contributed by atoms with van der Waals surface area (Å²) < 4.78 is 10.4. The van der Waals surface area contributed by atoms with Gasteiger partial charge in [-0.15, -0.1) is 0 Å². The predicted molar refractivity (Wildman–Crippen MR) is 79.2 cm³/mol. The third-order valence-corrected chi connectivity index (χ3v) is 2.70. The first kappa shape index (κ1) is 15.1. The van der Waals surface area contributed by atoms with E-state index in [1.165, 1.54) is 12.8 Å². The van der Waals surface area contributed by atoms with Crippen LogP contribution >= 0.6 is 0 Å². The van der Waals surface area contributed by atoms with E-state index < -0.39 is 0 Å². The van der Waals surface area contributed by atoms with E-state index in [4.69, 9.17) is 15.2 Å². The monoisotopic (exact) mass is 265 g/mol. The molecular weight excluding hydrogens is 242 g/mol. The van der Waals surface area contributed by atoms with Crippen molar-refractivity contribution < 1.29 is 9.47 Å². The molecule has 0 atom stereocenters. The standard InChI is InChI=1S/C14H23N3O2/c1-4-5-6-9-16-14(15)17-11-7-8-12(18-2)13(10-11)19-3/h7-8,10H,4-6,9H2,1-3H3,(H3,15,16,17). The Labute approximate surface area is 114 Å². The molecule has 0 amide bonds. The lowest BCUT2D eigenvalue weighted by molar-refractivity contribution is 0.355. The quantitative estimate of drug-likeness (QED) is 0.452. The van der Waals surface area contributed by atoms with E-state index in [1.807, 2.05) is 18.2 Å². The van der Waals surface area contributed by atoms with Crippen molar-refractivity contribution >= 4 is 11.6 Å². The number of aliphatic imine (C=N–C) groups is 1. The maximum absolute atomic E-state index is 5.82. The molecule has 1 aromatic rings. The molecular formula is C14H23N3O2. The van der Waals surface area contributed by atoms with Crippen LogP contribution in [0.1, 0.15) is 26.2 Å². The summed E-state index contributed by atoms with van der Waals surface area (Å²) in [5.74, 6) is 1.76. The Kier molecular flexibility index (Phi) is 6.57. The van der Waals surface area contributed by atoms with Crippen molar-refractivity contribution in [2.45, 2.75) is 26.2 Å². The van der Waals surface area contributed by atoms with Gasteiger partial charge in [-0.1, -0.05) is 19.8 Å². The van der Waals surface area contributed by atoms with E-state index in [1.54, 1.807) is 14.2 Å². The van der Waals surface area contributed by atoms with Gasteiger partial charge < -0.3 is 20.5 Å². The van der Waals surface area contributed by atoms with Gasteiger partial charge in [-0.05, 0) is 18.6 Å². The minimum absolute atomic E-state index is 0.420. The van der Waals surface area contributed by atoms with Gasteiger partial charge in [-0.25, -0.2) is 0 Å². The number of unbranched alkanes of at least 4 members (excludes halogenated alkanes) is 2. The molecule has 0 unspecified atom stereocenters. The number of benzene rings is 1. The molecule has 5 nitrogen and oxygen atoms in total. The van der Waals surface area contributed by atoms with Crippen molar-refractivity contribution in [3.63, 3.8) is 0 Å². The van der Waals surface area contributed by atoms with Gasteiger partial charge in [0.25, 0.3) is 0 Å². The summed E-state index contributed by atoms with van der Waals surface area (Å²) >= 11 is 0. The molecule has 0 saturated carbocycles. The molecule has 1 rings (SSSR count). The summed E-state index contributed by atoms with van der Waals surface area (Å²) in [4.78, 5) is 4.27. The molecule has 0 aliphatic carbocycles. The van der Waals surface area contributed by atoms with Crippen molar-refractivity contribution in [3.05, 3.63) is 18.2 Å². The minimum atomic E-state index is 0.420. The second-order valence-corrected chi connectivity index (χ2v) is 4.17. The first-order valence-corrected chi connectivity index (χ1v) is 6.50. The van der Waals surface area contributed by atoms with Gasteiger partial charge in [0.05, 0.1) is 14.2 Å². The average molecular weight is 265 g/mol. The molecule has 1 aromatic carbocycles. The first-order chi connectivity index (χ1) is 9.21. The van der Waals surface area contributed by atoms with Crippen LogP contribution in [0.25, 0.3) is 0 Å². The molecule has 0 saturated heterocycles. The van der Waals surface area contributed by atoms with Gasteiger partial charge in [-0.3, -0.25) is 4.99 Å². The van der Waals surface area contributed by atoms with Crippen LogP contribution in [-0.2, 0) is 0 Å². The maximum Gasteiger partial charge on any atom is 0.193 e. The van der Waals surface area contributed by atoms with Crippen LogP contribution in [0.5, 0.6) is 11.5 Å². The predicted octanol–water partition coefficient (Wildman–Crippen LogP) is 2.62. The average Bonchev–Trinajstić information content (AvgIpc) is 2.43. The Bertz CT molecular complexity index is 419. The topological polar surface area (TPSA) is 68.9 Å². The normalized spacial score (nSPS) is 11.2. The zero-order valence-electron chi connectivity index (χ0n) is 11.9. The lowest BCUT2D eigenvalue weighted by atomic mass is 10.2. The van der Waals surface area contributed by atoms with Gasteiger partial charge in [0.2, 0.25) is 0 Å². The zero-order valence-corrected chi connectivity index (χ0v) is 11.9. The number of nitrogens with zero attached hydrogens (tertiary/aromatic N) is 1. The van der Waals surface area contributed by atoms with E-state index in [0.717, 1.165) is 18.7 Å². The highest BCUT2D eigenvalue weighted by Gasteiger charge is 2.04. The number of hydrogen-bond donors (Lipinski definition) is 2. The second kappa shape index (κ2) is 8.24. The fraction of sp³-hybridized carbons (Fsp3) is 0.500. The fourth-order valence-electron chi connectivity index (χ4n) is 1.66. The van der Waals surface area contributed by atoms with E-state index in [0.29, 0.717) is 17.5 Å². The Morgan fingerprint density at radius 1 is 1.21 bits per heavy atom. The molecule has 5 heteroatoms. The van der Waals surface area contributed by atoms with Crippen LogP contribution in [0.2, 0.25) is 0 Å². The lowest BCUT2D eigenvalue weighted by Gasteiger charge is -2.10. The Hall–Kier alpha value is -1.91. The number of rotatable bonds is 7. The molecule has 0 radical (unpaired) electrons. The van der Waals surface area contributed by atoms with Crippen LogP contribution in [-0.4, -0.2) is 26.7 Å². The first-order valence-electron chi connectivity index (χ1n) is 6.50. The summed E-state index contributed by atoms with van der Waals surface area (Å²) in [6.07, 6.45) is 3.41. The number of methoxy groups -OCH3 is 2. The van der Waals surface area contributed by atoms with Crippen molar-refractivity contribution in [1.82, 2.24) is 0 Å². The van der Waals surface area contributed by atoms with Gasteiger partial charge in [0.15, 0.2) is 17.5 Å². The molecule has 0 aliphatic heterocycles.